The summed E-state index contributed by atoms with van der Waals surface area (Å²) in [6, 6.07) is -0.842. The van der Waals surface area contributed by atoms with Crippen LogP contribution in [0.5, 0.6) is 0 Å². The molecule has 0 saturated carbocycles. The SMILES string of the molecule is C/C=C/CC/C=C/CC/C=C/C(O)C(COC1OC(CO)C(O)C(O)C1O)NC(=O)CCCCCCCCC/C=C\C/C=C\CCCCCCCCCCCOC(=O)CCCCCCC/C=C\CCCCCCCC. The zero-order valence-electron chi connectivity index (χ0n) is 47.7. The number of allylic oxidation sites excluding steroid dienone is 11. The second-order valence-electron chi connectivity index (χ2n) is 21.0. The van der Waals surface area contributed by atoms with Crippen molar-refractivity contribution in [2.45, 2.75) is 301 Å². The highest BCUT2D eigenvalue weighted by Gasteiger charge is 2.44. The molecular weight excluding hydrogens is 943 g/mol. The van der Waals surface area contributed by atoms with Gasteiger partial charge in [0.05, 0.1) is 32.0 Å². The predicted molar refractivity (Wildman–Crippen MR) is 310 cm³/mol. The van der Waals surface area contributed by atoms with Gasteiger partial charge in [0.2, 0.25) is 5.91 Å². The third-order valence-corrected chi connectivity index (χ3v) is 14.1. The Morgan fingerprint density at radius 2 is 0.960 bits per heavy atom. The van der Waals surface area contributed by atoms with Gasteiger partial charge in [0.1, 0.15) is 24.4 Å². The highest BCUT2D eigenvalue weighted by atomic mass is 16.7. The summed E-state index contributed by atoms with van der Waals surface area (Å²) in [5, 5.41) is 54.1. The van der Waals surface area contributed by atoms with Gasteiger partial charge < -0.3 is 45.1 Å². The molecule has 7 unspecified atom stereocenters. The molecule has 0 aromatic heterocycles. The van der Waals surface area contributed by atoms with E-state index in [1.807, 2.05) is 19.1 Å². The van der Waals surface area contributed by atoms with Crippen molar-refractivity contribution in [2.24, 2.45) is 0 Å². The Bertz CT molecular complexity index is 1470. The largest absolute Gasteiger partial charge is 0.466 e. The Morgan fingerprint density at radius 1 is 0.520 bits per heavy atom. The highest BCUT2D eigenvalue weighted by Crippen LogP contribution is 2.23. The van der Waals surface area contributed by atoms with E-state index in [2.05, 4.69) is 66.9 Å². The summed E-state index contributed by atoms with van der Waals surface area (Å²) in [5.74, 6) is -0.226. The Kier molecular flexibility index (Phi) is 49.7. The van der Waals surface area contributed by atoms with Crippen LogP contribution in [-0.2, 0) is 23.8 Å². The van der Waals surface area contributed by atoms with E-state index in [1.54, 1.807) is 6.08 Å². The molecule has 11 heteroatoms. The quantitative estimate of drug-likeness (QED) is 0.0195. The minimum atomic E-state index is -1.58. The van der Waals surface area contributed by atoms with Gasteiger partial charge in [-0.15, -0.1) is 0 Å². The number of ether oxygens (including phenoxy) is 3. The van der Waals surface area contributed by atoms with Gasteiger partial charge in [-0.2, -0.15) is 0 Å². The molecule has 1 amide bonds. The summed E-state index contributed by atoms with van der Waals surface area (Å²) < 4.78 is 16.6. The predicted octanol–water partition coefficient (Wildman–Crippen LogP) is 14.4. The van der Waals surface area contributed by atoms with Crippen molar-refractivity contribution in [3.8, 4) is 0 Å². The van der Waals surface area contributed by atoms with E-state index >= 15 is 0 Å². The van der Waals surface area contributed by atoms with E-state index in [-0.39, 0.29) is 18.5 Å². The number of amides is 1. The third kappa shape index (κ3) is 42.8. The molecule has 7 atom stereocenters. The smallest absolute Gasteiger partial charge is 0.305 e. The molecule has 0 aromatic carbocycles. The lowest BCUT2D eigenvalue weighted by atomic mass is 9.99. The molecule has 1 rings (SSSR count). The zero-order valence-corrected chi connectivity index (χ0v) is 47.7. The van der Waals surface area contributed by atoms with Crippen LogP contribution in [0.25, 0.3) is 0 Å². The first-order chi connectivity index (χ1) is 36.7. The number of esters is 1. The number of aliphatic hydroxyl groups excluding tert-OH is 5. The van der Waals surface area contributed by atoms with Gasteiger partial charge in [-0.3, -0.25) is 9.59 Å². The molecule has 1 heterocycles. The molecule has 1 aliphatic heterocycles. The normalized spacial score (nSPS) is 19.3. The minimum Gasteiger partial charge on any atom is -0.466 e. The van der Waals surface area contributed by atoms with E-state index in [0.717, 1.165) is 89.9 Å². The summed E-state index contributed by atoms with van der Waals surface area (Å²) in [6.07, 6.45) is 60.4. The molecule has 0 spiro atoms. The first-order valence-corrected chi connectivity index (χ1v) is 30.7. The van der Waals surface area contributed by atoms with Crippen LogP contribution in [0, 0.1) is 0 Å². The first kappa shape index (κ1) is 70.1. The van der Waals surface area contributed by atoms with Gasteiger partial charge in [-0.05, 0) is 110 Å². The van der Waals surface area contributed by atoms with Gasteiger partial charge >= 0.3 is 5.97 Å². The summed E-state index contributed by atoms with van der Waals surface area (Å²) in [7, 11) is 0. The summed E-state index contributed by atoms with van der Waals surface area (Å²) >= 11 is 0. The van der Waals surface area contributed by atoms with Crippen molar-refractivity contribution in [2.75, 3.05) is 19.8 Å². The lowest BCUT2D eigenvalue weighted by Gasteiger charge is -2.40. The molecule has 0 bridgehead atoms. The molecule has 6 N–H and O–H groups in total. The molecular formula is C64H113NO10. The number of carbonyl (C=O) groups excluding carboxylic acids is 2. The van der Waals surface area contributed by atoms with E-state index in [0.29, 0.717) is 25.9 Å². The van der Waals surface area contributed by atoms with Crippen LogP contribution in [-0.4, -0.2) is 100 Å². The van der Waals surface area contributed by atoms with E-state index in [4.69, 9.17) is 14.2 Å². The molecule has 75 heavy (non-hydrogen) atoms. The number of rotatable bonds is 52. The molecule has 0 aliphatic carbocycles. The summed E-state index contributed by atoms with van der Waals surface area (Å²) in [6.45, 7) is 4.06. The molecule has 11 nitrogen and oxygen atoms in total. The van der Waals surface area contributed by atoms with Gasteiger partial charge in [0.15, 0.2) is 6.29 Å². The number of carbonyl (C=O) groups is 2. The van der Waals surface area contributed by atoms with E-state index < -0.39 is 49.5 Å². The summed E-state index contributed by atoms with van der Waals surface area (Å²) in [5.41, 5.74) is 0. The Balaban J connectivity index is 2.02. The van der Waals surface area contributed by atoms with E-state index in [1.165, 1.54) is 135 Å². The summed E-state index contributed by atoms with van der Waals surface area (Å²) in [4.78, 5) is 25.0. The monoisotopic (exact) mass is 1060 g/mol. The van der Waals surface area contributed by atoms with Crippen LogP contribution in [0.1, 0.15) is 258 Å². The fourth-order valence-corrected chi connectivity index (χ4v) is 9.20. The maximum Gasteiger partial charge on any atom is 0.305 e. The lowest BCUT2D eigenvalue weighted by molar-refractivity contribution is -0.302. The first-order valence-electron chi connectivity index (χ1n) is 30.7. The van der Waals surface area contributed by atoms with Gasteiger partial charge in [-0.1, -0.05) is 208 Å². The fraction of sp³-hybridized carbons (Fsp3) is 0.781. The van der Waals surface area contributed by atoms with Crippen molar-refractivity contribution in [3.05, 3.63) is 72.9 Å². The van der Waals surface area contributed by atoms with E-state index in [9.17, 15) is 35.1 Å². The van der Waals surface area contributed by atoms with Crippen molar-refractivity contribution < 1.29 is 49.3 Å². The number of aliphatic hydroxyl groups is 5. The van der Waals surface area contributed by atoms with Crippen LogP contribution >= 0.6 is 0 Å². The van der Waals surface area contributed by atoms with Gasteiger partial charge in [0, 0.05) is 12.8 Å². The molecule has 0 radical (unpaired) electrons. The fourth-order valence-electron chi connectivity index (χ4n) is 9.20. The minimum absolute atomic E-state index is 0.0145. The maximum atomic E-state index is 13.0. The van der Waals surface area contributed by atoms with Crippen LogP contribution in [0.2, 0.25) is 0 Å². The Labute approximate surface area is 458 Å². The molecule has 1 aliphatic rings. The maximum absolute atomic E-state index is 13.0. The Morgan fingerprint density at radius 3 is 1.48 bits per heavy atom. The number of hydrogen-bond donors (Lipinski definition) is 6. The molecule has 1 fully saturated rings. The van der Waals surface area contributed by atoms with Crippen LogP contribution in [0.3, 0.4) is 0 Å². The Hall–Kier alpha value is -2.90. The number of hydrogen-bond acceptors (Lipinski definition) is 10. The lowest BCUT2D eigenvalue weighted by Crippen LogP contribution is -2.60. The van der Waals surface area contributed by atoms with Crippen LogP contribution < -0.4 is 5.32 Å². The average molecular weight is 1060 g/mol. The van der Waals surface area contributed by atoms with Gasteiger partial charge in [0.25, 0.3) is 0 Å². The third-order valence-electron chi connectivity index (χ3n) is 14.1. The standard InChI is InChI=1S/C64H113NO10/c1-3-5-7-9-11-13-14-15-25-29-32-36-40-44-48-52-60(69)73-53-49-45-41-37-33-30-27-24-22-20-18-16-17-19-21-23-26-28-31-35-39-43-47-51-59(68)65-56(57(67)50-46-42-38-34-12-10-8-6-4-2)55-74-64-63(72)62(71)61(70)58(54-66)75-64/h4,6,12,15-16,18-19,21,25,34,46,50,56-58,61-64,66-67,70-72H,3,5,7-11,13-14,17,20,22-24,26-33,35-45,47-49,51-55H2,1-2H3,(H,65,68)/b6-4+,18-16-,21-19-,25-15-,34-12+,50-46+. The van der Waals surface area contributed by atoms with Crippen molar-refractivity contribution in [1.82, 2.24) is 5.32 Å². The van der Waals surface area contributed by atoms with Crippen molar-refractivity contribution in [3.63, 3.8) is 0 Å². The molecule has 434 valence electrons. The van der Waals surface area contributed by atoms with Crippen LogP contribution in [0.15, 0.2) is 72.9 Å². The van der Waals surface area contributed by atoms with Crippen molar-refractivity contribution >= 4 is 11.9 Å². The van der Waals surface area contributed by atoms with Crippen LogP contribution in [0.4, 0.5) is 0 Å². The number of unbranched alkanes of at least 4 members (excludes halogenated alkanes) is 29. The molecule has 1 saturated heterocycles. The second kappa shape index (κ2) is 53.1. The van der Waals surface area contributed by atoms with Gasteiger partial charge in [-0.25, -0.2) is 0 Å². The molecule has 0 aromatic rings. The van der Waals surface area contributed by atoms with Crippen molar-refractivity contribution in [1.29, 1.82) is 0 Å². The zero-order chi connectivity index (χ0) is 54.5. The topological polar surface area (TPSA) is 175 Å². The number of nitrogens with one attached hydrogen (secondary N) is 1. The average Bonchev–Trinajstić information content (AvgIpc) is 3.41. The highest BCUT2D eigenvalue weighted by molar-refractivity contribution is 5.76. The second-order valence-corrected chi connectivity index (χ2v) is 21.0.